The van der Waals surface area contributed by atoms with Gasteiger partial charge in [0, 0.05) is 24.5 Å². The Kier molecular flexibility index (Phi) is 5.31. The number of rotatable bonds is 5. The number of ether oxygens (including phenoxy) is 1. The van der Waals surface area contributed by atoms with Crippen LogP contribution in [0, 0.1) is 0 Å². The first-order valence-electron chi connectivity index (χ1n) is 9.66. The molecule has 1 atom stereocenters. The molecule has 1 saturated heterocycles. The van der Waals surface area contributed by atoms with Gasteiger partial charge in [-0.2, -0.15) is 18.3 Å². The Morgan fingerprint density at radius 2 is 2.17 bits per heavy atom. The average molecular weight is 419 g/mol. The van der Waals surface area contributed by atoms with E-state index in [1.807, 2.05) is 0 Å². The summed E-state index contributed by atoms with van der Waals surface area (Å²) >= 11 is 0. The summed E-state index contributed by atoms with van der Waals surface area (Å²) in [6, 6.07) is 5.53. The Balaban J connectivity index is 1.60. The summed E-state index contributed by atoms with van der Waals surface area (Å²) in [7, 11) is 0. The highest BCUT2D eigenvalue weighted by molar-refractivity contribution is 5.78. The van der Waals surface area contributed by atoms with Crippen LogP contribution in [-0.2, 0) is 17.4 Å². The van der Waals surface area contributed by atoms with Gasteiger partial charge >= 0.3 is 6.18 Å². The average Bonchev–Trinajstić information content (AvgIpc) is 3.37. The SMILES string of the molecule is CCc1cc(C(F)(F)F)n2nc([C@@H]3CCCN3C(=O)COc3cccnc3)cc2n1. The topological polar surface area (TPSA) is 72.6 Å². The Bertz CT molecular complexity index is 1050. The van der Waals surface area contributed by atoms with Crippen molar-refractivity contribution in [3.8, 4) is 5.75 Å². The zero-order valence-electron chi connectivity index (χ0n) is 16.3. The number of halogens is 3. The number of carbonyl (C=O) groups is 1. The maximum atomic E-state index is 13.5. The quantitative estimate of drug-likeness (QED) is 0.634. The lowest BCUT2D eigenvalue weighted by Crippen LogP contribution is -2.34. The van der Waals surface area contributed by atoms with E-state index in [-0.39, 0.29) is 18.2 Å². The predicted octanol–water partition coefficient (Wildman–Crippen LogP) is 3.45. The van der Waals surface area contributed by atoms with Crippen LogP contribution in [0.15, 0.2) is 36.7 Å². The fourth-order valence-corrected chi connectivity index (χ4v) is 3.62. The second-order valence-electron chi connectivity index (χ2n) is 7.05. The molecular weight excluding hydrogens is 399 g/mol. The number of nitrogens with zero attached hydrogens (tertiary/aromatic N) is 5. The van der Waals surface area contributed by atoms with Gasteiger partial charge in [-0.3, -0.25) is 9.78 Å². The van der Waals surface area contributed by atoms with E-state index in [0.29, 0.717) is 36.5 Å². The Hall–Kier alpha value is -3.17. The first-order valence-corrected chi connectivity index (χ1v) is 9.66. The van der Waals surface area contributed by atoms with Gasteiger partial charge in [-0.15, -0.1) is 0 Å². The van der Waals surface area contributed by atoms with Gasteiger partial charge < -0.3 is 9.64 Å². The number of carbonyl (C=O) groups excluding carboxylic acids is 1. The molecule has 0 radical (unpaired) electrons. The number of hydrogen-bond acceptors (Lipinski definition) is 5. The maximum absolute atomic E-state index is 13.5. The molecule has 0 N–H and O–H groups in total. The number of aryl methyl sites for hydroxylation is 1. The molecule has 4 heterocycles. The van der Waals surface area contributed by atoms with Gasteiger partial charge in [-0.25, -0.2) is 9.50 Å². The Labute approximate surface area is 170 Å². The Morgan fingerprint density at radius 1 is 1.33 bits per heavy atom. The molecule has 0 aliphatic carbocycles. The minimum Gasteiger partial charge on any atom is -0.482 e. The molecule has 0 unspecified atom stereocenters. The van der Waals surface area contributed by atoms with Crippen molar-refractivity contribution in [2.75, 3.05) is 13.2 Å². The molecule has 1 fully saturated rings. The summed E-state index contributed by atoms with van der Waals surface area (Å²) < 4.78 is 46.8. The van der Waals surface area contributed by atoms with Gasteiger partial charge in [0.1, 0.15) is 11.4 Å². The zero-order valence-corrected chi connectivity index (χ0v) is 16.3. The van der Waals surface area contributed by atoms with Crippen LogP contribution in [0.4, 0.5) is 13.2 Å². The zero-order chi connectivity index (χ0) is 21.3. The van der Waals surface area contributed by atoms with Crippen LogP contribution < -0.4 is 4.74 Å². The van der Waals surface area contributed by atoms with E-state index < -0.39 is 17.9 Å². The Morgan fingerprint density at radius 3 is 2.87 bits per heavy atom. The van der Waals surface area contributed by atoms with E-state index in [9.17, 15) is 18.0 Å². The van der Waals surface area contributed by atoms with Crippen molar-refractivity contribution < 1.29 is 22.7 Å². The van der Waals surface area contributed by atoms with Gasteiger partial charge in [0.05, 0.1) is 17.9 Å². The third-order valence-electron chi connectivity index (χ3n) is 5.06. The summed E-state index contributed by atoms with van der Waals surface area (Å²) in [6.45, 7) is 2.06. The van der Waals surface area contributed by atoms with Crippen molar-refractivity contribution in [1.82, 2.24) is 24.5 Å². The van der Waals surface area contributed by atoms with Crippen LogP contribution in [0.3, 0.4) is 0 Å². The molecule has 0 bridgehead atoms. The highest BCUT2D eigenvalue weighted by Gasteiger charge is 2.37. The molecule has 1 aliphatic rings. The summed E-state index contributed by atoms with van der Waals surface area (Å²) in [4.78, 5) is 22.5. The first kappa shape index (κ1) is 20.1. The number of amides is 1. The van der Waals surface area contributed by atoms with Crippen LogP contribution in [0.1, 0.15) is 42.9 Å². The van der Waals surface area contributed by atoms with Gasteiger partial charge in [0.25, 0.3) is 5.91 Å². The number of aromatic nitrogens is 4. The van der Waals surface area contributed by atoms with E-state index in [0.717, 1.165) is 17.0 Å². The van der Waals surface area contributed by atoms with E-state index in [4.69, 9.17) is 4.74 Å². The van der Waals surface area contributed by atoms with E-state index >= 15 is 0 Å². The standard InChI is InChI=1S/C20H20F3N5O2/c1-2-13-9-17(20(21,22)23)28-18(25-13)10-15(26-28)16-6-4-8-27(16)19(29)12-30-14-5-3-7-24-11-14/h3,5,7,9-11,16H,2,4,6,8,12H2,1H3/t16-/m0/s1. The third kappa shape index (κ3) is 3.94. The molecule has 30 heavy (non-hydrogen) atoms. The van der Waals surface area contributed by atoms with Crippen molar-refractivity contribution in [1.29, 1.82) is 0 Å². The second kappa shape index (κ2) is 7.92. The lowest BCUT2D eigenvalue weighted by molar-refractivity contribution is -0.143. The number of pyridine rings is 1. The molecule has 0 spiro atoms. The fourth-order valence-electron chi connectivity index (χ4n) is 3.62. The fraction of sp³-hybridized carbons (Fsp3) is 0.400. The largest absolute Gasteiger partial charge is 0.482 e. The second-order valence-corrected chi connectivity index (χ2v) is 7.05. The van der Waals surface area contributed by atoms with Crippen LogP contribution >= 0.6 is 0 Å². The van der Waals surface area contributed by atoms with Crippen LogP contribution in [0.25, 0.3) is 5.65 Å². The molecule has 158 valence electrons. The summed E-state index contributed by atoms with van der Waals surface area (Å²) in [6.07, 6.45) is 0.271. The molecule has 1 amide bonds. The predicted molar refractivity (Wildman–Crippen MR) is 101 cm³/mol. The molecule has 0 saturated carbocycles. The van der Waals surface area contributed by atoms with Crippen molar-refractivity contribution in [3.05, 3.63) is 53.7 Å². The van der Waals surface area contributed by atoms with Gasteiger partial charge in [0.15, 0.2) is 12.3 Å². The van der Waals surface area contributed by atoms with Crippen LogP contribution in [0.5, 0.6) is 5.75 Å². The summed E-state index contributed by atoms with van der Waals surface area (Å²) in [5.74, 6) is 0.220. The minimum absolute atomic E-state index is 0.127. The van der Waals surface area contributed by atoms with Crippen molar-refractivity contribution in [3.63, 3.8) is 0 Å². The molecule has 3 aromatic heterocycles. The summed E-state index contributed by atoms with van der Waals surface area (Å²) in [5.41, 5.74) is -0.00653. The molecule has 0 aromatic carbocycles. The van der Waals surface area contributed by atoms with E-state index in [2.05, 4.69) is 15.1 Å². The first-order chi connectivity index (χ1) is 14.4. The van der Waals surface area contributed by atoms with Crippen molar-refractivity contribution in [2.45, 2.75) is 38.4 Å². The number of likely N-dealkylation sites (tertiary alicyclic amines) is 1. The number of fused-ring (bicyclic) bond motifs is 1. The molecule has 4 rings (SSSR count). The monoisotopic (exact) mass is 419 g/mol. The van der Waals surface area contributed by atoms with Crippen molar-refractivity contribution >= 4 is 11.6 Å². The van der Waals surface area contributed by atoms with Crippen LogP contribution in [-0.4, -0.2) is 43.5 Å². The van der Waals surface area contributed by atoms with Gasteiger partial charge in [-0.1, -0.05) is 6.92 Å². The lowest BCUT2D eigenvalue weighted by Gasteiger charge is -2.23. The van der Waals surface area contributed by atoms with E-state index in [1.54, 1.807) is 30.2 Å². The van der Waals surface area contributed by atoms with Gasteiger partial charge in [-0.05, 0) is 37.5 Å². The summed E-state index contributed by atoms with van der Waals surface area (Å²) in [5, 5.41) is 4.18. The number of hydrogen-bond donors (Lipinski definition) is 0. The molecule has 3 aromatic rings. The smallest absolute Gasteiger partial charge is 0.433 e. The van der Waals surface area contributed by atoms with E-state index in [1.165, 1.54) is 12.3 Å². The highest BCUT2D eigenvalue weighted by Crippen LogP contribution is 2.34. The van der Waals surface area contributed by atoms with Crippen LogP contribution in [0.2, 0.25) is 0 Å². The molecule has 10 heteroatoms. The molecule has 7 nitrogen and oxygen atoms in total. The lowest BCUT2D eigenvalue weighted by atomic mass is 10.1. The van der Waals surface area contributed by atoms with Gasteiger partial charge in [0.2, 0.25) is 0 Å². The number of alkyl halides is 3. The normalized spacial score (nSPS) is 16.9. The third-order valence-corrected chi connectivity index (χ3v) is 5.06. The molecule has 1 aliphatic heterocycles. The van der Waals surface area contributed by atoms with Crippen molar-refractivity contribution in [2.24, 2.45) is 0 Å². The maximum Gasteiger partial charge on any atom is 0.433 e. The molecular formula is C20H20F3N5O2. The minimum atomic E-state index is -4.56. The highest BCUT2D eigenvalue weighted by atomic mass is 19.4.